The van der Waals surface area contributed by atoms with Crippen LogP contribution in [0.15, 0.2) is 23.1 Å². The van der Waals surface area contributed by atoms with E-state index in [2.05, 4.69) is 37.5 Å². The quantitative estimate of drug-likeness (QED) is 0.774. The van der Waals surface area contributed by atoms with Crippen molar-refractivity contribution in [1.29, 1.82) is 0 Å². The standard InChI is InChI=1S/C10H9IN4O/c1-5-7(11)2-6(4-13-5)8-3-9(16)15-10(12)14-8/h2-4H,1H3,(H3,12,14,15,16). The average Bonchev–Trinajstić information content (AvgIpc) is 2.20. The largest absolute Gasteiger partial charge is 0.369 e. The summed E-state index contributed by atoms with van der Waals surface area (Å²) in [5.41, 5.74) is 7.48. The fourth-order valence-corrected chi connectivity index (χ4v) is 1.75. The minimum absolute atomic E-state index is 0.109. The number of aromatic nitrogens is 3. The van der Waals surface area contributed by atoms with Crippen LogP contribution < -0.4 is 11.3 Å². The highest BCUT2D eigenvalue weighted by Gasteiger charge is 2.05. The molecule has 0 bridgehead atoms. The molecule has 0 atom stereocenters. The van der Waals surface area contributed by atoms with Gasteiger partial charge in [-0.05, 0) is 35.6 Å². The topological polar surface area (TPSA) is 84.7 Å². The van der Waals surface area contributed by atoms with Crippen LogP contribution in [0.25, 0.3) is 11.3 Å². The van der Waals surface area contributed by atoms with E-state index in [1.165, 1.54) is 6.07 Å². The van der Waals surface area contributed by atoms with Crippen molar-refractivity contribution in [3.8, 4) is 11.3 Å². The van der Waals surface area contributed by atoms with Crippen molar-refractivity contribution in [2.75, 3.05) is 5.73 Å². The van der Waals surface area contributed by atoms with E-state index in [0.717, 1.165) is 14.8 Å². The maximum atomic E-state index is 11.2. The highest BCUT2D eigenvalue weighted by molar-refractivity contribution is 14.1. The molecule has 82 valence electrons. The molecule has 0 saturated heterocycles. The molecule has 0 saturated carbocycles. The van der Waals surface area contributed by atoms with Crippen LogP contribution in [0.4, 0.5) is 5.95 Å². The van der Waals surface area contributed by atoms with Crippen molar-refractivity contribution in [3.63, 3.8) is 0 Å². The van der Waals surface area contributed by atoms with Gasteiger partial charge < -0.3 is 5.73 Å². The third-order valence-electron chi connectivity index (χ3n) is 2.08. The van der Waals surface area contributed by atoms with Crippen LogP contribution in [0, 0.1) is 10.5 Å². The molecule has 0 fully saturated rings. The maximum Gasteiger partial charge on any atom is 0.252 e. The summed E-state index contributed by atoms with van der Waals surface area (Å²) >= 11 is 2.19. The lowest BCUT2D eigenvalue weighted by atomic mass is 10.2. The second-order valence-electron chi connectivity index (χ2n) is 3.31. The number of nitrogens with zero attached hydrogens (tertiary/aromatic N) is 2. The Morgan fingerprint density at radius 1 is 1.44 bits per heavy atom. The number of aryl methyl sites for hydroxylation is 1. The normalized spacial score (nSPS) is 10.4. The van der Waals surface area contributed by atoms with Gasteiger partial charge in [-0.15, -0.1) is 0 Å². The van der Waals surface area contributed by atoms with E-state index in [9.17, 15) is 4.79 Å². The van der Waals surface area contributed by atoms with Crippen molar-refractivity contribution in [3.05, 3.63) is 37.9 Å². The van der Waals surface area contributed by atoms with Gasteiger partial charge in [0.1, 0.15) is 0 Å². The minimum atomic E-state index is -0.266. The van der Waals surface area contributed by atoms with Gasteiger partial charge in [0.05, 0.1) is 11.4 Å². The number of nitrogens with two attached hydrogens (primary N) is 1. The third kappa shape index (κ3) is 2.21. The van der Waals surface area contributed by atoms with E-state index in [4.69, 9.17) is 5.73 Å². The molecule has 0 unspecified atom stereocenters. The summed E-state index contributed by atoms with van der Waals surface area (Å²) < 4.78 is 1.02. The molecular weight excluding hydrogens is 319 g/mol. The molecule has 16 heavy (non-hydrogen) atoms. The lowest BCUT2D eigenvalue weighted by Gasteiger charge is -2.03. The Bertz CT molecular complexity index is 594. The maximum absolute atomic E-state index is 11.2. The molecule has 2 aromatic heterocycles. The summed E-state index contributed by atoms with van der Waals surface area (Å²) in [4.78, 5) is 21.9. The molecule has 0 aromatic carbocycles. The summed E-state index contributed by atoms with van der Waals surface area (Å²) in [5, 5.41) is 0. The van der Waals surface area contributed by atoms with Gasteiger partial charge in [-0.1, -0.05) is 0 Å². The number of H-pyrrole nitrogens is 1. The van der Waals surface area contributed by atoms with Gasteiger partial charge in [0.15, 0.2) is 0 Å². The lowest BCUT2D eigenvalue weighted by Crippen LogP contribution is -2.10. The second kappa shape index (κ2) is 4.20. The summed E-state index contributed by atoms with van der Waals surface area (Å²) in [7, 11) is 0. The SMILES string of the molecule is Cc1ncc(-c2cc(=O)[nH]c(N)n2)cc1I. The Balaban J connectivity index is 2.58. The number of pyridine rings is 1. The number of hydrogen-bond donors (Lipinski definition) is 2. The van der Waals surface area contributed by atoms with E-state index < -0.39 is 0 Å². The minimum Gasteiger partial charge on any atom is -0.369 e. The number of rotatable bonds is 1. The van der Waals surface area contributed by atoms with E-state index >= 15 is 0 Å². The number of hydrogen-bond acceptors (Lipinski definition) is 4. The zero-order valence-corrected chi connectivity index (χ0v) is 10.6. The van der Waals surface area contributed by atoms with Gasteiger partial charge >= 0.3 is 0 Å². The van der Waals surface area contributed by atoms with Crippen LogP contribution in [0.1, 0.15) is 5.69 Å². The predicted octanol–water partition coefficient (Wildman–Crippen LogP) is 1.33. The van der Waals surface area contributed by atoms with Gasteiger partial charge in [-0.3, -0.25) is 14.8 Å². The molecule has 0 amide bonds. The smallest absolute Gasteiger partial charge is 0.252 e. The molecule has 5 nitrogen and oxygen atoms in total. The van der Waals surface area contributed by atoms with Crippen LogP contribution >= 0.6 is 22.6 Å². The van der Waals surface area contributed by atoms with Gasteiger partial charge in [0, 0.05) is 21.4 Å². The molecule has 0 aliphatic carbocycles. The van der Waals surface area contributed by atoms with Crippen LogP contribution in [0.5, 0.6) is 0 Å². The zero-order valence-electron chi connectivity index (χ0n) is 8.49. The third-order valence-corrected chi connectivity index (χ3v) is 3.17. The first kappa shape index (κ1) is 11.1. The van der Waals surface area contributed by atoms with Gasteiger partial charge in [0.25, 0.3) is 5.56 Å². The highest BCUT2D eigenvalue weighted by atomic mass is 127. The molecular formula is C10H9IN4O. The Morgan fingerprint density at radius 2 is 2.19 bits per heavy atom. The summed E-state index contributed by atoms with van der Waals surface area (Å²) in [6, 6.07) is 3.32. The van der Waals surface area contributed by atoms with Crippen LogP contribution in [0.3, 0.4) is 0 Å². The first-order chi connectivity index (χ1) is 7.56. The highest BCUT2D eigenvalue weighted by Crippen LogP contribution is 2.19. The molecule has 2 aromatic rings. The summed E-state index contributed by atoms with van der Waals surface area (Å²) in [6.45, 7) is 1.92. The van der Waals surface area contributed by atoms with E-state index in [1.54, 1.807) is 6.20 Å². The first-order valence-electron chi connectivity index (χ1n) is 4.55. The Kier molecular flexibility index (Phi) is 2.90. The van der Waals surface area contributed by atoms with E-state index in [1.807, 2.05) is 13.0 Å². The Morgan fingerprint density at radius 3 is 2.81 bits per heavy atom. The zero-order chi connectivity index (χ0) is 11.7. The number of nitrogen functional groups attached to an aromatic ring is 1. The van der Waals surface area contributed by atoms with Crippen molar-refractivity contribution in [2.45, 2.75) is 6.92 Å². The molecule has 0 aliphatic rings. The summed E-state index contributed by atoms with van der Waals surface area (Å²) in [5.74, 6) is 0.109. The van der Waals surface area contributed by atoms with Crippen LogP contribution in [-0.4, -0.2) is 15.0 Å². The van der Waals surface area contributed by atoms with E-state index in [-0.39, 0.29) is 11.5 Å². The van der Waals surface area contributed by atoms with Crippen LogP contribution in [-0.2, 0) is 0 Å². The average molecular weight is 328 g/mol. The van der Waals surface area contributed by atoms with E-state index in [0.29, 0.717) is 5.69 Å². The van der Waals surface area contributed by atoms with Gasteiger partial charge in [-0.25, -0.2) is 4.98 Å². The first-order valence-corrected chi connectivity index (χ1v) is 5.63. The molecule has 3 N–H and O–H groups in total. The number of nitrogens with one attached hydrogen (secondary N) is 1. The van der Waals surface area contributed by atoms with Crippen molar-refractivity contribution in [2.24, 2.45) is 0 Å². The number of anilines is 1. The predicted molar refractivity (Wildman–Crippen MR) is 70.0 cm³/mol. The van der Waals surface area contributed by atoms with Crippen molar-refractivity contribution in [1.82, 2.24) is 15.0 Å². The Hall–Kier alpha value is -1.44. The molecule has 6 heteroatoms. The molecule has 0 spiro atoms. The monoisotopic (exact) mass is 328 g/mol. The molecule has 0 aliphatic heterocycles. The second-order valence-corrected chi connectivity index (χ2v) is 4.47. The number of halogens is 1. The van der Waals surface area contributed by atoms with Crippen molar-refractivity contribution >= 4 is 28.5 Å². The fourth-order valence-electron chi connectivity index (χ4n) is 1.27. The van der Waals surface area contributed by atoms with Crippen LogP contribution in [0.2, 0.25) is 0 Å². The summed E-state index contributed by atoms with van der Waals surface area (Å²) in [6.07, 6.45) is 1.68. The van der Waals surface area contributed by atoms with Gasteiger partial charge in [0.2, 0.25) is 5.95 Å². The number of aromatic amines is 1. The molecule has 2 heterocycles. The lowest BCUT2D eigenvalue weighted by molar-refractivity contribution is 1.13. The Labute approximate surface area is 105 Å². The fraction of sp³-hybridized carbons (Fsp3) is 0.100. The molecule has 2 rings (SSSR count). The molecule has 0 radical (unpaired) electrons. The van der Waals surface area contributed by atoms with Gasteiger partial charge in [-0.2, -0.15) is 0 Å². The van der Waals surface area contributed by atoms with Crippen molar-refractivity contribution < 1.29 is 0 Å².